The molecule has 0 spiro atoms. The summed E-state index contributed by atoms with van der Waals surface area (Å²) >= 11 is 0. The number of para-hydroxylation sites is 7. The number of hydrogen-bond donors (Lipinski definition) is 0. The third kappa shape index (κ3) is 11.7. The zero-order chi connectivity index (χ0) is 80.4. The van der Waals surface area contributed by atoms with Crippen molar-refractivity contribution in [1.29, 1.82) is 0 Å². The van der Waals surface area contributed by atoms with Crippen LogP contribution in [0.5, 0.6) is 0 Å². The number of pyridine rings is 6. The predicted molar refractivity (Wildman–Crippen MR) is 466 cm³/mol. The second-order valence-electron chi connectivity index (χ2n) is 29.7. The highest BCUT2D eigenvalue weighted by Gasteiger charge is 2.44. The summed E-state index contributed by atoms with van der Waals surface area (Å²) in [7, 11) is 0. The minimum absolute atomic E-state index is 0.0138. The zero-order valence-corrected chi connectivity index (χ0v) is 64.6. The number of rotatable bonds is 7. The van der Waals surface area contributed by atoms with Crippen molar-refractivity contribution in [2.75, 3.05) is 46.6 Å². The minimum Gasteiger partial charge on any atom is -0.439 e. The van der Waals surface area contributed by atoms with Crippen LogP contribution in [-0.4, -0.2) is 109 Å². The van der Waals surface area contributed by atoms with Gasteiger partial charge in [0.1, 0.15) is 52.0 Å². The van der Waals surface area contributed by atoms with Gasteiger partial charge in [0, 0.05) is 133 Å². The molecule has 0 amide bonds. The minimum atomic E-state index is -2.23. The van der Waals surface area contributed by atoms with E-state index in [-0.39, 0.29) is 52.1 Å². The van der Waals surface area contributed by atoms with Crippen LogP contribution in [0.25, 0.3) is 93.1 Å². The lowest BCUT2D eigenvalue weighted by Gasteiger charge is -2.40. The molecule has 0 unspecified atom stereocenters. The Morgan fingerprint density at radius 1 is 0.287 bits per heavy atom. The molecule has 4 atom stereocenters. The molecule has 8 aliphatic rings. The third-order valence-corrected chi connectivity index (χ3v) is 22.7. The van der Waals surface area contributed by atoms with E-state index in [4.69, 9.17) is 31.7 Å². The average Bonchev–Trinajstić information content (AvgIpc) is 1.60. The molecule has 18 heterocycles. The maximum atomic E-state index is 8.02. The van der Waals surface area contributed by atoms with Gasteiger partial charge in [-0.15, -0.1) is 0 Å². The fourth-order valence-electron chi connectivity index (χ4n) is 17.4. The Hall–Kier alpha value is -14.0. The normalized spacial score (nSPS) is 18.4. The maximum absolute atomic E-state index is 8.02. The molecule has 15 aromatic rings. The first-order valence-electron chi connectivity index (χ1n) is 40.5. The highest BCUT2D eigenvalue weighted by Crippen LogP contribution is 2.48. The molecule has 0 N–H and O–H groups in total. The van der Waals surface area contributed by atoms with Crippen molar-refractivity contribution in [3.8, 4) is 0 Å². The summed E-state index contributed by atoms with van der Waals surface area (Å²) in [4.78, 5) is 44.4. The molecule has 0 fully saturated rings. The first-order valence-corrected chi connectivity index (χ1v) is 39.0. The molecule has 115 heavy (non-hydrogen) atoms. The van der Waals surface area contributed by atoms with Crippen LogP contribution in [0.4, 0.5) is 62.8 Å². The topological polar surface area (TPSA) is 169 Å². The summed E-state index contributed by atoms with van der Waals surface area (Å²) < 4.78 is 47.9. The lowest BCUT2D eigenvalue weighted by Crippen LogP contribution is -2.55. The summed E-state index contributed by atoms with van der Waals surface area (Å²) in [5.74, 6) is 10.4. The van der Waals surface area contributed by atoms with E-state index in [1.165, 1.54) is 22.0 Å². The van der Waals surface area contributed by atoms with E-state index < -0.39 is 6.98 Å². The maximum Gasteiger partial charge on any atom is 0.306 e. The van der Waals surface area contributed by atoms with Crippen molar-refractivity contribution in [3.05, 3.63) is 292 Å². The Morgan fingerprint density at radius 2 is 0.583 bits per heavy atom. The Bertz CT molecular complexity index is 6450. The number of fused-ring (bicyclic) bond motifs is 16. The molecule has 26 heteroatoms. The van der Waals surface area contributed by atoms with Crippen LogP contribution >= 0.6 is 0 Å². The van der Waals surface area contributed by atoms with Gasteiger partial charge in [-0.1, -0.05) is 106 Å². The summed E-state index contributed by atoms with van der Waals surface area (Å²) in [6, 6.07) is 71.8. The van der Waals surface area contributed by atoms with Crippen LogP contribution in [0, 0.1) is 0 Å². The standard InChI is InChI=1S/C24H21BN4O.2C23H20BN5O.C19H19BN4O/c1-17-28(18-9-4-3-5-10-18)21-12-6-7-13-22(21)29(17)27-16-20-19-11-8-14-26-24(19)30-23(20)15-25(27)2;1-16-28(17-8-4-3-5-9-17)22-20(11-7-12-25-22)29(16)27-15-19-18-10-6-13-26-23(18)30-21(19)14-24(27)2;1-16-28(17-8-4-3-5-9-17)20-11-7-12-25-22(20)29(16)27-15-19-18-10-6-13-26-23(18)30-21(19)14-24(27)2;1-13-22(3)16-8-4-5-9-17(16)24(13)23-12-15-14-7-6-10-21-19(14)25-18(15)11-20(23)2/h3-17H,1-2H3;2*3-16H,1-2H3;4-13H,1-3H3/t17-;2*16-;13-/m0000/s1/i;;;3D3. The molecule has 23 rings (SSSR count). The predicted octanol–water partition coefficient (Wildman–Crippen LogP) is 12.1. The second-order valence-corrected chi connectivity index (χ2v) is 29.7. The van der Waals surface area contributed by atoms with Gasteiger partial charge in [-0.05, 0) is 185 Å². The third-order valence-electron chi connectivity index (χ3n) is 22.7. The summed E-state index contributed by atoms with van der Waals surface area (Å²) in [5.41, 5.74) is 15.7. The van der Waals surface area contributed by atoms with Crippen molar-refractivity contribution in [2.24, 2.45) is 0 Å². The SMILES string of the molecule is CB1C=c2oc3ncccc3c2=CN1N1c2ccccc2N(c2ccccc2)[C@@H]1C.CB1C=c2oc3ncccc3c2=CN1N1c2cccnc2N(c2ccccc2)[C@@H]1C.CB1C=c2oc3ncccc3c2=CN1N1c2ncccc2N(c2ccccc2)[C@@H]1C.[2H]C([2H])([2H])N1c2ccccc2N(N2C=c3c(oc4ncccc34)=CB2C)[C@H]1C. The van der Waals surface area contributed by atoms with E-state index >= 15 is 0 Å². The first-order chi connectivity index (χ1) is 57.5. The fraction of sp³-hybridized carbons (Fsp3) is 0.146. The Morgan fingerprint density at radius 3 is 1.01 bits per heavy atom. The quantitative estimate of drug-likeness (QED) is 0.138. The van der Waals surface area contributed by atoms with Crippen LogP contribution in [0.15, 0.2) is 267 Å². The molecule has 22 nitrogen and oxygen atoms in total. The monoisotopic (exact) mass is 1510 g/mol. The van der Waals surface area contributed by atoms with Crippen LogP contribution in [0.3, 0.4) is 0 Å². The van der Waals surface area contributed by atoms with Gasteiger partial charge in [-0.25, -0.2) is 29.9 Å². The molecule has 0 bridgehead atoms. The smallest absolute Gasteiger partial charge is 0.306 e. The Balaban J connectivity index is 0.000000101. The van der Waals surface area contributed by atoms with Crippen LogP contribution in [0.1, 0.15) is 31.8 Å². The van der Waals surface area contributed by atoms with Gasteiger partial charge in [0.2, 0.25) is 22.9 Å². The fourth-order valence-corrected chi connectivity index (χ4v) is 17.4. The van der Waals surface area contributed by atoms with Gasteiger partial charge in [0.05, 0.1) is 28.4 Å². The largest absolute Gasteiger partial charge is 0.439 e. The van der Waals surface area contributed by atoms with Crippen molar-refractivity contribution in [3.63, 3.8) is 0 Å². The zero-order valence-electron chi connectivity index (χ0n) is 67.6. The van der Waals surface area contributed by atoms with E-state index in [0.29, 0.717) is 28.5 Å². The highest BCUT2D eigenvalue weighted by molar-refractivity contribution is 6.72. The van der Waals surface area contributed by atoms with E-state index in [9.17, 15) is 0 Å². The van der Waals surface area contributed by atoms with E-state index in [2.05, 4.69) is 287 Å². The van der Waals surface area contributed by atoms with Crippen molar-refractivity contribution < 1.29 is 21.8 Å². The van der Waals surface area contributed by atoms with E-state index in [1.807, 2.05) is 115 Å². The number of furan rings is 4. The second kappa shape index (κ2) is 28.3. The van der Waals surface area contributed by atoms with Crippen LogP contribution in [-0.2, 0) is 0 Å². The molecule has 5 aromatic carbocycles. The van der Waals surface area contributed by atoms with Gasteiger partial charge >= 0.3 is 27.4 Å². The van der Waals surface area contributed by atoms with E-state index in [1.54, 1.807) is 24.8 Å². The summed E-state index contributed by atoms with van der Waals surface area (Å²) in [5, 5.41) is 17.2. The molecular weight excluding hydrogens is 1430 g/mol. The van der Waals surface area contributed by atoms with Crippen molar-refractivity contribution in [1.82, 2.24) is 49.6 Å². The Kier molecular flexibility index (Phi) is 16.4. The Labute approximate surface area is 669 Å². The number of nitrogens with zero attached hydrogens (tertiary/aromatic N) is 18. The molecule has 0 saturated heterocycles. The van der Waals surface area contributed by atoms with E-state index in [0.717, 1.165) is 104 Å². The molecule has 10 aromatic heterocycles. The molecule has 562 valence electrons. The number of hydrogen-bond acceptors (Lipinski definition) is 22. The van der Waals surface area contributed by atoms with Gasteiger partial charge in [0.15, 0.2) is 11.6 Å². The van der Waals surface area contributed by atoms with Crippen molar-refractivity contribution >= 4 is 183 Å². The van der Waals surface area contributed by atoms with Gasteiger partial charge in [-0.2, -0.15) is 0 Å². The summed E-state index contributed by atoms with van der Waals surface area (Å²) in [6.07, 6.45) is 19.2. The van der Waals surface area contributed by atoms with Crippen LogP contribution < -0.4 is 82.2 Å². The molecule has 0 aliphatic carbocycles. The average molecular weight is 1510 g/mol. The number of anilines is 11. The van der Waals surface area contributed by atoms with Gasteiger partial charge in [-0.3, -0.25) is 20.0 Å². The number of benzene rings is 5. The lowest BCUT2D eigenvalue weighted by atomic mass is 9.63. The number of hydrazine groups is 4. The summed E-state index contributed by atoms with van der Waals surface area (Å²) in [6.45, 7) is 15.3. The molecule has 0 radical (unpaired) electrons. The number of aromatic nitrogens is 6. The molecular formula is C89H80B4N18O4. The lowest BCUT2D eigenvalue weighted by molar-refractivity contribution is 0.489. The first kappa shape index (κ1) is 66.7. The molecule has 0 saturated carbocycles. The highest BCUT2D eigenvalue weighted by atomic mass is 16.3. The van der Waals surface area contributed by atoms with Crippen molar-refractivity contribution in [2.45, 2.75) is 79.7 Å². The van der Waals surface area contributed by atoms with Gasteiger partial charge in [0.25, 0.3) is 0 Å². The van der Waals surface area contributed by atoms with Gasteiger partial charge < -0.3 is 56.9 Å². The van der Waals surface area contributed by atoms with Crippen LogP contribution in [0.2, 0.25) is 27.3 Å². The molecule has 8 aliphatic heterocycles.